The van der Waals surface area contributed by atoms with Crippen molar-refractivity contribution in [3.63, 3.8) is 0 Å². The topological polar surface area (TPSA) is 71.1 Å². The van der Waals surface area contributed by atoms with Gasteiger partial charge in [-0.3, -0.25) is 9.59 Å². The molecule has 2 aliphatic rings. The molecule has 2 amide bonds. The van der Waals surface area contributed by atoms with E-state index >= 15 is 0 Å². The second-order valence-electron chi connectivity index (χ2n) is 7.21. The van der Waals surface area contributed by atoms with Gasteiger partial charge in [-0.05, 0) is 49.7 Å². The summed E-state index contributed by atoms with van der Waals surface area (Å²) < 4.78 is 0. The molecule has 2 saturated carbocycles. The van der Waals surface area contributed by atoms with Crippen molar-refractivity contribution >= 4 is 23.5 Å². The molecule has 0 aliphatic heterocycles. The molecule has 130 valence electrons. The van der Waals surface area contributed by atoms with Crippen molar-refractivity contribution in [2.45, 2.75) is 64.2 Å². The van der Waals surface area contributed by atoms with Crippen molar-refractivity contribution in [3.05, 3.63) is 18.2 Å². The van der Waals surface area contributed by atoms with Crippen molar-refractivity contribution in [1.29, 1.82) is 0 Å². The van der Waals surface area contributed by atoms with Crippen molar-refractivity contribution in [2.24, 2.45) is 11.8 Å². The SMILES string of the molecule is O=C(CC1CCCC1)Nc1cccc(NC(=O)CC2CCCC2)n1. The zero-order valence-electron chi connectivity index (χ0n) is 14.2. The smallest absolute Gasteiger partial charge is 0.225 e. The molecule has 1 heterocycles. The van der Waals surface area contributed by atoms with E-state index in [9.17, 15) is 9.59 Å². The third-order valence-corrected chi connectivity index (χ3v) is 5.18. The van der Waals surface area contributed by atoms with E-state index in [0.29, 0.717) is 36.3 Å². The number of anilines is 2. The Labute approximate surface area is 143 Å². The second-order valence-corrected chi connectivity index (χ2v) is 7.21. The second kappa shape index (κ2) is 8.27. The van der Waals surface area contributed by atoms with Crippen LogP contribution in [0.3, 0.4) is 0 Å². The van der Waals surface area contributed by atoms with Crippen LogP contribution in [0.1, 0.15) is 64.2 Å². The minimum absolute atomic E-state index is 0.0174. The van der Waals surface area contributed by atoms with Gasteiger partial charge in [-0.1, -0.05) is 31.7 Å². The summed E-state index contributed by atoms with van der Waals surface area (Å²) in [4.78, 5) is 28.5. The highest BCUT2D eigenvalue weighted by Gasteiger charge is 2.20. The number of pyridine rings is 1. The van der Waals surface area contributed by atoms with Crippen molar-refractivity contribution < 1.29 is 9.59 Å². The average Bonchev–Trinajstić information content (AvgIpc) is 3.21. The van der Waals surface area contributed by atoms with E-state index in [1.807, 2.05) is 6.07 Å². The van der Waals surface area contributed by atoms with E-state index in [1.165, 1.54) is 25.7 Å². The van der Waals surface area contributed by atoms with Crippen LogP contribution in [0, 0.1) is 11.8 Å². The lowest BCUT2D eigenvalue weighted by molar-refractivity contribution is -0.117. The number of nitrogens with one attached hydrogen (secondary N) is 2. The van der Waals surface area contributed by atoms with Gasteiger partial charge in [0.1, 0.15) is 11.6 Å². The molecule has 0 bridgehead atoms. The zero-order valence-corrected chi connectivity index (χ0v) is 14.2. The lowest BCUT2D eigenvalue weighted by Gasteiger charge is -2.11. The third kappa shape index (κ3) is 5.05. The predicted octanol–water partition coefficient (Wildman–Crippen LogP) is 4.12. The first-order chi connectivity index (χ1) is 11.7. The molecule has 0 atom stereocenters. The Balaban J connectivity index is 1.49. The Morgan fingerprint density at radius 3 is 1.67 bits per heavy atom. The number of nitrogens with zero attached hydrogens (tertiary/aromatic N) is 1. The first-order valence-electron chi connectivity index (χ1n) is 9.26. The van der Waals surface area contributed by atoms with Crippen LogP contribution in [0.25, 0.3) is 0 Å². The number of hydrogen-bond acceptors (Lipinski definition) is 3. The van der Waals surface area contributed by atoms with Gasteiger partial charge in [0.15, 0.2) is 0 Å². The Hall–Kier alpha value is -1.91. The third-order valence-electron chi connectivity index (χ3n) is 5.18. The van der Waals surface area contributed by atoms with E-state index in [2.05, 4.69) is 15.6 Å². The number of carbonyl (C=O) groups is 2. The first-order valence-corrected chi connectivity index (χ1v) is 9.26. The average molecular weight is 329 g/mol. The highest BCUT2D eigenvalue weighted by molar-refractivity contribution is 5.92. The van der Waals surface area contributed by atoms with Crippen LogP contribution in [0.15, 0.2) is 18.2 Å². The number of rotatable bonds is 6. The maximum atomic E-state index is 12.1. The van der Waals surface area contributed by atoms with Gasteiger partial charge in [-0.2, -0.15) is 0 Å². The van der Waals surface area contributed by atoms with E-state index in [-0.39, 0.29) is 11.8 Å². The molecule has 5 heteroatoms. The molecule has 0 radical (unpaired) electrons. The molecule has 2 fully saturated rings. The van der Waals surface area contributed by atoms with E-state index in [0.717, 1.165) is 25.7 Å². The van der Waals surface area contributed by atoms with Gasteiger partial charge in [-0.15, -0.1) is 0 Å². The van der Waals surface area contributed by atoms with Crippen LogP contribution in [0.4, 0.5) is 11.6 Å². The molecule has 0 aromatic carbocycles. The maximum Gasteiger partial charge on any atom is 0.225 e. The summed E-state index contributed by atoms with van der Waals surface area (Å²) >= 11 is 0. The van der Waals surface area contributed by atoms with Crippen molar-refractivity contribution in [2.75, 3.05) is 10.6 Å². The summed E-state index contributed by atoms with van der Waals surface area (Å²) in [5, 5.41) is 5.71. The fraction of sp³-hybridized carbons (Fsp3) is 0.632. The largest absolute Gasteiger partial charge is 0.311 e. The van der Waals surface area contributed by atoms with Gasteiger partial charge >= 0.3 is 0 Å². The van der Waals surface area contributed by atoms with E-state index < -0.39 is 0 Å². The van der Waals surface area contributed by atoms with Gasteiger partial charge in [0.05, 0.1) is 0 Å². The minimum Gasteiger partial charge on any atom is -0.311 e. The molecule has 0 unspecified atom stereocenters. The van der Waals surface area contributed by atoms with Crippen molar-refractivity contribution in [1.82, 2.24) is 4.98 Å². The quantitative estimate of drug-likeness (QED) is 0.824. The van der Waals surface area contributed by atoms with Crippen LogP contribution in [0.5, 0.6) is 0 Å². The standard InChI is InChI=1S/C19H27N3O2/c23-18(12-14-6-1-2-7-14)21-16-10-5-11-17(20-16)22-19(24)13-15-8-3-4-9-15/h5,10-11,14-15H,1-4,6-9,12-13H2,(H2,20,21,22,23,24). The molecule has 5 nitrogen and oxygen atoms in total. The summed E-state index contributed by atoms with van der Waals surface area (Å²) in [5.41, 5.74) is 0. The summed E-state index contributed by atoms with van der Waals surface area (Å²) in [6, 6.07) is 5.34. The number of aromatic nitrogens is 1. The van der Waals surface area contributed by atoms with Crippen LogP contribution in [-0.4, -0.2) is 16.8 Å². The summed E-state index contributed by atoms with van der Waals surface area (Å²) in [7, 11) is 0. The maximum absolute atomic E-state index is 12.1. The van der Waals surface area contributed by atoms with E-state index in [1.54, 1.807) is 12.1 Å². The Morgan fingerprint density at radius 1 is 0.833 bits per heavy atom. The molecule has 1 aromatic heterocycles. The Kier molecular flexibility index (Phi) is 5.83. The van der Waals surface area contributed by atoms with E-state index in [4.69, 9.17) is 0 Å². The first kappa shape index (κ1) is 16.9. The summed E-state index contributed by atoms with van der Waals surface area (Å²) in [6.07, 6.45) is 10.7. The molecular formula is C19H27N3O2. The van der Waals surface area contributed by atoms with Crippen molar-refractivity contribution in [3.8, 4) is 0 Å². The van der Waals surface area contributed by atoms with Gasteiger partial charge in [0.2, 0.25) is 11.8 Å². The van der Waals surface area contributed by atoms with Gasteiger partial charge in [0, 0.05) is 12.8 Å². The lowest BCUT2D eigenvalue weighted by atomic mass is 10.0. The normalized spacial score (nSPS) is 18.7. The number of carbonyl (C=O) groups excluding carboxylic acids is 2. The minimum atomic E-state index is 0.0174. The van der Waals surface area contributed by atoms with Gasteiger partial charge in [0.25, 0.3) is 0 Å². The fourth-order valence-electron chi connectivity index (χ4n) is 3.92. The van der Waals surface area contributed by atoms with Gasteiger partial charge < -0.3 is 10.6 Å². The molecule has 2 aliphatic carbocycles. The number of amides is 2. The monoisotopic (exact) mass is 329 g/mol. The zero-order chi connectivity index (χ0) is 16.8. The Bertz CT molecular complexity index is 528. The molecular weight excluding hydrogens is 302 g/mol. The number of hydrogen-bond donors (Lipinski definition) is 2. The predicted molar refractivity (Wildman–Crippen MR) is 94.6 cm³/mol. The van der Waals surface area contributed by atoms with Crippen LogP contribution in [-0.2, 0) is 9.59 Å². The fourth-order valence-corrected chi connectivity index (χ4v) is 3.92. The molecule has 24 heavy (non-hydrogen) atoms. The summed E-state index contributed by atoms with van der Waals surface area (Å²) in [5.74, 6) is 2.08. The molecule has 0 saturated heterocycles. The van der Waals surface area contributed by atoms with Gasteiger partial charge in [-0.25, -0.2) is 4.98 Å². The van der Waals surface area contributed by atoms with Crippen LogP contribution in [0.2, 0.25) is 0 Å². The van der Waals surface area contributed by atoms with Crippen LogP contribution < -0.4 is 10.6 Å². The molecule has 1 aromatic rings. The summed E-state index contributed by atoms with van der Waals surface area (Å²) in [6.45, 7) is 0. The Morgan fingerprint density at radius 2 is 1.25 bits per heavy atom. The molecule has 2 N–H and O–H groups in total. The van der Waals surface area contributed by atoms with Crippen LogP contribution >= 0.6 is 0 Å². The molecule has 0 spiro atoms. The highest BCUT2D eigenvalue weighted by atomic mass is 16.2. The lowest BCUT2D eigenvalue weighted by Crippen LogP contribution is -2.18. The molecule has 3 rings (SSSR count). The highest BCUT2D eigenvalue weighted by Crippen LogP contribution is 2.28.